The third kappa shape index (κ3) is 2.18. The molecule has 1 aromatic rings. The van der Waals surface area contributed by atoms with Crippen molar-refractivity contribution < 1.29 is 14.0 Å². The van der Waals surface area contributed by atoms with E-state index in [-0.39, 0.29) is 11.9 Å². The molecule has 2 heterocycles. The highest BCUT2D eigenvalue weighted by atomic mass is 16.3. The highest BCUT2D eigenvalue weighted by Gasteiger charge is 2.38. The maximum Gasteiger partial charge on any atom is 0.315 e. The second-order valence-electron chi connectivity index (χ2n) is 4.68. The Morgan fingerprint density at radius 3 is 2.89 bits per heavy atom. The van der Waals surface area contributed by atoms with E-state index in [9.17, 15) is 9.59 Å². The van der Waals surface area contributed by atoms with Crippen molar-refractivity contribution in [3.8, 4) is 0 Å². The maximum atomic E-state index is 12.3. The van der Waals surface area contributed by atoms with Crippen molar-refractivity contribution in [2.24, 2.45) is 0 Å². The second-order valence-corrected chi connectivity index (χ2v) is 4.68. The van der Waals surface area contributed by atoms with Gasteiger partial charge >= 0.3 is 6.03 Å². The number of furan rings is 1. The minimum atomic E-state index is -0.451. The Hall–Kier alpha value is -1.98. The van der Waals surface area contributed by atoms with Crippen molar-refractivity contribution in [2.75, 3.05) is 6.54 Å². The summed E-state index contributed by atoms with van der Waals surface area (Å²) in [4.78, 5) is 25.2. The Morgan fingerprint density at radius 1 is 1.50 bits per heavy atom. The van der Waals surface area contributed by atoms with Crippen molar-refractivity contribution in [3.63, 3.8) is 0 Å². The highest BCUT2D eigenvalue weighted by Crippen LogP contribution is 2.29. The fourth-order valence-corrected chi connectivity index (χ4v) is 2.15. The van der Waals surface area contributed by atoms with E-state index in [1.54, 1.807) is 11.2 Å². The Bertz CT molecular complexity index is 453. The SMILES string of the molecule is O=C1NC[C@H](C(=O)N(Cc2ccco2)C2CC2)N1. The molecule has 1 aromatic heterocycles. The molecule has 3 amide bonds. The Balaban J connectivity index is 1.69. The van der Waals surface area contributed by atoms with E-state index in [1.165, 1.54) is 0 Å². The molecule has 0 unspecified atom stereocenters. The van der Waals surface area contributed by atoms with Crippen molar-refractivity contribution in [3.05, 3.63) is 24.2 Å². The van der Waals surface area contributed by atoms with Gasteiger partial charge in [0.2, 0.25) is 5.91 Å². The molecule has 96 valence electrons. The van der Waals surface area contributed by atoms with E-state index < -0.39 is 6.04 Å². The summed E-state index contributed by atoms with van der Waals surface area (Å²) < 4.78 is 5.28. The number of rotatable bonds is 4. The topological polar surface area (TPSA) is 74.6 Å². The number of hydrogen-bond donors (Lipinski definition) is 2. The van der Waals surface area contributed by atoms with Gasteiger partial charge in [-0.25, -0.2) is 4.79 Å². The van der Waals surface area contributed by atoms with Gasteiger partial charge in [0.1, 0.15) is 11.8 Å². The minimum Gasteiger partial charge on any atom is -0.467 e. The molecule has 2 aliphatic rings. The van der Waals surface area contributed by atoms with Gasteiger partial charge < -0.3 is 20.0 Å². The van der Waals surface area contributed by atoms with Gasteiger partial charge in [-0.2, -0.15) is 0 Å². The van der Waals surface area contributed by atoms with Crippen LogP contribution in [-0.2, 0) is 11.3 Å². The van der Waals surface area contributed by atoms with Gasteiger partial charge in [0, 0.05) is 12.6 Å². The molecule has 2 fully saturated rings. The maximum absolute atomic E-state index is 12.3. The van der Waals surface area contributed by atoms with Crippen molar-refractivity contribution >= 4 is 11.9 Å². The summed E-state index contributed by atoms with van der Waals surface area (Å²) in [5, 5.41) is 5.23. The Kier molecular flexibility index (Phi) is 2.70. The van der Waals surface area contributed by atoms with Crippen LogP contribution in [0.2, 0.25) is 0 Å². The highest BCUT2D eigenvalue weighted by molar-refractivity contribution is 5.90. The molecule has 1 saturated carbocycles. The molecule has 1 atom stereocenters. The molecule has 2 N–H and O–H groups in total. The molecular formula is C12H15N3O3. The van der Waals surface area contributed by atoms with E-state index >= 15 is 0 Å². The predicted molar refractivity (Wildman–Crippen MR) is 62.6 cm³/mol. The number of carbonyl (C=O) groups is 2. The first-order chi connectivity index (χ1) is 8.74. The average Bonchev–Trinajstić information content (AvgIpc) is 2.88. The van der Waals surface area contributed by atoms with Crippen molar-refractivity contribution in [2.45, 2.75) is 31.5 Å². The van der Waals surface area contributed by atoms with Crippen LogP contribution in [0.3, 0.4) is 0 Å². The van der Waals surface area contributed by atoms with Gasteiger partial charge in [-0.15, -0.1) is 0 Å². The molecule has 0 radical (unpaired) electrons. The van der Waals surface area contributed by atoms with E-state index in [4.69, 9.17) is 4.42 Å². The first-order valence-electron chi connectivity index (χ1n) is 6.11. The van der Waals surface area contributed by atoms with Crippen LogP contribution in [0.5, 0.6) is 0 Å². The summed E-state index contributed by atoms with van der Waals surface area (Å²) in [6, 6.07) is 3.23. The Labute approximate surface area is 104 Å². The quantitative estimate of drug-likeness (QED) is 0.813. The van der Waals surface area contributed by atoms with Crippen molar-refractivity contribution in [1.29, 1.82) is 0 Å². The van der Waals surface area contributed by atoms with Crippen LogP contribution in [0.25, 0.3) is 0 Å². The van der Waals surface area contributed by atoms with E-state index in [2.05, 4.69) is 10.6 Å². The third-order valence-corrected chi connectivity index (χ3v) is 3.25. The smallest absolute Gasteiger partial charge is 0.315 e. The lowest BCUT2D eigenvalue weighted by atomic mass is 10.2. The fraction of sp³-hybridized carbons (Fsp3) is 0.500. The predicted octanol–water partition coefficient (Wildman–Crippen LogP) is 0.452. The lowest BCUT2D eigenvalue weighted by Crippen LogP contribution is -2.46. The van der Waals surface area contributed by atoms with E-state index in [0.717, 1.165) is 18.6 Å². The van der Waals surface area contributed by atoms with Gasteiger partial charge in [-0.1, -0.05) is 0 Å². The van der Waals surface area contributed by atoms with Crippen molar-refractivity contribution in [1.82, 2.24) is 15.5 Å². The number of amides is 3. The molecule has 6 nitrogen and oxygen atoms in total. The average molecular weight is 249 g/mol. The zero-order chi connectivity index (χ0) is 12.5. The first-order valence-corrected chi connectivity index (χ1v) is 6.11. The van der Waals surface area contributed by atoms with Gasteiger partial charge in [0.25, 0.3) is 0 Å². The number of hydrogen-bond acceptors (Lipinski definition) is 3. The van der Waals surface area contributed by atoms with Crippen LogP contribution in [0.15, 0.2) is 22.8 Å². The summed E-state index contributed by atoms with van der Waals surface area (Å²) in [6.07, 6.45) is 3.66. The zero-order valence-electron chi connectivity index (χ0n) is 9.89. The van der Waals surface area contributed by atoms with Crippen LogP contribution in [0.4, 0.5) is 4.79 Å². The summed E-state index contributed by atoms with van der Waals surface area (Å²) in [5.41, 5.74) is 0. The molecular weight excluding hydrogens is 234 g/mol. The van der Waals surface area contributed by atoms with E-state index in [0.29, 0.717) is 19.1 Å². The summed E-state index contributed by atoms with van der Waals surface area (Å²) in [5.74, 6) is 0.736. The van der Waals surface area contributed by atoms with Gasteiger partial charge in [-0.3, -0.25) is 4.79 Å². The van der Waals surface area contributed by atoms with Crippen LogP contribution >= 0.6 is 0 Å². The zero-order valence-corrected chi connectivity index (χ0v) is 9.89. The first kappa shape index (κ1) is 11.1. The molecule has 1 aliphatic carbocycles. The molecule has 18 heavy (non-hydrogen) atoms. The van der Waals surface area contributed by atoms with Crippen LogP contribution in [0, 0.1) is 0 Å². The molecule has 6 heteroatoms. The van der Waals surface area contributed by atoms with Gasteiger partial charge in [-0.05, 0) is 25.0 Å². The molecule has 3 rings (SSSR count). The van der Waals surface area contributed by atoms with Gasteiger partial charge in [0.05, 0.1) is 12.8 Å². The largest absolute Gasteiger partial charge is 0.467 e. The van der Waals surface area contributed by atoms with Crippen LogP contribution in [0.1, 0.15) is 18.6 Å². The molecule has 0 aromatic carbocycles. The van der Waals surface area contributed by atoms with Crippen LogP contribution < -0.4 is 10.6 Å². The number of carbonyl (C=O) groups excluding carboxylic acids is 2. The van der Waals surface area contributed by atoms with E-state index in [1.807, 2.05) is 12.1 Å². The molecule has 0 bridgehead atoms. The lowest BCUT2D eigenvalue weighted by molar-refractivity contribution is -0.134. The number of urea groups is 1. The Morgan fingerprint density at radius 2 is 2.33 bits per heavy atom. The normalized spacial score (nSPS) is 22.4. The molecule has 1 aliphatic heterocycles. The third-order valence-electron chi connectivity index (χ3n) is 3.25. The minimum absolute atomic E-state index is 0.0350. The molecule has 1 saturated heterocycles. The standard InChI is InChI=1S/C12H15N3O3/c16-11(10-6-13-12(17)14-10)15(8-3-4-8)7-9-2-1-5-18-9/h1-2,5,8,10H,3-4,6-7H2,(H2,13,14,17)/t10-/m1/s1. The summed E-state index contributed by atoms with van der Waals surface area (Å²) >= 11 is 0. The van der Waals surface area contributed by atoms with Gasteiger partial charge in [0.15, 0.2) is 0 Å². The lowest BCUT2D eigenvalue weighted by Gasteiger charge is -2.24. The monoisotopic (exact) mass is 249 g/mol. The number of nitrogens with one attached hydrogen (secondary N) is 2. The molecule has 0 spiro atoms. The van der Waals surface area contributed by atoms with Crippen LogP contribution in [-0.4, -0.2) is 35.5 Å². The number of nitrogens with zero attached hydrogens (tertiary/aromatic N) is 1. The second kappa shape index (κ2) is 4.36. The summed E-state index contributed by atoms with van der Waals surface area (Å²) in [6.45, 7) is 0.835. The fourth-order valence-electron chi connectivity index (χ4n) is 2.15. The summed E-state index contributed by atoms with van der Waals surface area (Å²) in [7, 11) is 0.